The Morgan fingerprint density at radius 1 is 1.10 bits per heavy atom. The Kier molecular flexibility index (Phi) is 3.61. The number of Topliss-reactive ketones (excluding diaryl/α,β-unsaturated/α-hetero) is 1. The summed E-state index contributed by atoms with van der Waals surface area (Å²) < 4.78 is 0. The molecule has 4 nitrogen and oxygen atoms in total. The highest BCUT2D eigenvalue weighted by molar-refractivity contribution is 5.83. The number of ketones is 1. The van der Waals surface area contributed by atoms with E-state index in [1.807, 2.05) is 11.8 Å². The molecule has 2 aliphatic heterocycles. The summed E-state index contributed by atoms with van der Waals surface area (Å²) in [4.78, 5) is 26.5. The first kappa shape index (κ1) is 14.1. The van der Waals surface area contributed by atoms with Gasteiger partial charge in [-0.2, -0.15) is 0 Å². The Morgan fingerprint density at radius 2 is 1.65 bits per heavy atom. The van der Waals surface area contributed by atoms with Gasteiger partial charge in [-0.3, -0.25) is 9.59 Å². The van der Waals surface area contributed by atoms with Crippen LogP contribution in [0.15, 0.2) is 0 Å². The van der Waals surface area contributed by atoms with Crippen molar-refractivity contribution in [2.75, 3.05) is 26.2 Å². The summed E-state index contributed by atoms with van der Waals surface area (Å²) in [5.41, 5.74) is -0.204. The van der Waals surface area contributed by atoms with Crippen molar-refractivity contribution in [3.8, 4) is 0 Å². The van der Waals surface area contributed by atoms with Crippen LogP contribution in [0.4, 0.5) is 0 Å². The third-order valence-electron chi connectivity index (χ3n) is 6.05. The van der Waals surface area contributed by atoms with Gasteiger partial charge in [0.1, 0.15) is 5.78 Å². The summed E-state index contributed by atoms with van der Waals surface area (Å²) in [6.07, 6.45) is 4.06. The summed E-state index contributed by atoms with van der Waals surface area (Å²) >= 11 is 0. The number of fused-ring (bicyclic) bond motifs is 2. The Hall–Kier alpha value is -0.900. The number of piperidine rings is 2. The first-order chi connectivity index (χ1) is 9.51. The lowest BCUT2D eigenvalue weighted by atomic mass is 9.76. The standard InChI is InChI=1S/C16H26N2O2/c1-11(19)16(2)5-7-18(8-6-16)15(20)14-12-3-4-13(14)10-17-9-12/h12-14,17H,3-10H2,1-2H3. The molecule has 2 unspecified atom stereocenters. The van der Waals surface area contributed by atoms with E-state index < -0.39 is 0 Å². The van der Waals surface area contributed by atoms with Gasteiger partial charge in [0.2, 0.25) is 5.91 Å². The van der Waals surface area contributed by atoms with E-state index >= 15 is 0 Å². The second kappa shape index (κ2) is 5.14. The quantitative estimate of drug-likeness (QED) is 0.832. The molecule has 112 valence electrons. The van der Waals surface area contributed by atoms with Crippen LogP contribution in [0.5, 0.6) is 0 Å². The monoisotopic (exact) mass is 278 g/mol. The fourth-order valence-corrected chi connectivity index (χ4v) is 4.27. The molecule has 3 rings (SSSR count). The van der Waals surface area contributed by atoms with E-state index in [0.29, 0.717) is 17.7 Å². The third kappa shape index (κ3) is 2.28. The van der Waals surface area contributed by atoms with Crippen LogP contribution in [0.1, 0.15) is 39.5 Å². The SMILES string of the molecule is CC(=O)C1(C)CCN(C(=O)C2C3CCC2CNC3)CC1. The number of nitrogens with one attached hydrogen (secondary N) is 1. The molecule has 2 bridgehead atoms. The first-order valence-electron chi connectivity index (χ1n) is 8.02. The maximum Gasteiger partial charge on any atom is 0.226 e. The molecule has 0 radical (unpaired) electrons. The number of nitrogens with zero attached hydrogens (tertiary/aromatic N) is 1. The van der Waals surface area contributed by atoms with Gasteiger partial charge in [0, 0.05) is 24.4 Å². The topological polar surface area (TPSA) is 49.4 Å². The van der Waals surface area contributed by atoms with E-state index in [1.165, 1.54) is 12.8 Å². The van der Waals surface area contributed by atoms with Crippen molar-refractivity contribution in [3.63, 3.8) is 0 Å². The van der Waals surface area contributed by atoms with E-state index in [-0.39, 0.29) is 17.1 Å². The number of likely N-dealkylation sites (tertiary alicyclic amines) is 1. The van der Waals surface area contributed by atoms with Gasteiger partial charge in [0.05, 0.1) is 0 Å². The maximum atomic E-state index is 12.8. The van der Waals surface area contributed by atoms with Crippen molar-refractivity contribution in [3.05, 3.63) is 0 Å². The minimum Gasteiger partial charge on any atom is -0.342 e. The molecule has 0 aromatic rings. The molecule has 3 aliphatic rings. The Balaban J connectivity index is 1.64. The normalized spacial score (nSPS) is 35.9. The number of rotatable bonds is 2. The first-order valence-corrected chi connectivity index (χ1v) is 8.02. The highest BCUT2D eigenvalue weighted by atomic mass is 16.2. The van der Waals surface area contributed by atoms with E-state index in [0.717, 1.165) is 39.0 Å². The predicted molar refractivity (Wildman–Crippen MR) is 77.2 cm³/mol. The van der Waals surface area contributed by atoms with Crippen LogP contribution in [0.2, 0.25) is 0 Å². The number of amides is 1. The molecule has 2 saturated heterocycles. The molecular weight excluding hydrogens is 252 g/mol. The molecule has 1 N–H and O–H groups in total. The highest BCUT2D eigenvalue weighted by Crippen LogP contribution is 2.41. The minimum absolute atomic E-state index is 0.204. The zero-order valence-electron chi connectivity index (χ0n) is 12.7. The van der Waals surface area contributed by atoms with Gasteiger partial charge < -0.3 is 10.2 Å². The molecule has 1 aliphatic carbocycles. The summed E-state index contributed by atoms with van der Waals surface area (Å²) in [6, 6.07) is 0. The lowest BCUT2D eigenvalue weighted by Crippen LogP contribution is -2.51. The highest BCUT2D eigenvalue weighted by Gasteiger charge is 2.46. The van der Waals surface area contributed by atoms with Gasteiger partial charge >= 0.3 is 0 Å². The number of carbonyl (C=O) groups excluding carboxylic acids is 2. The fourth-order valence-electron chi connectivity index (χ4n) is 4.27. The molecule has 1 saturated carbocycles. The van der Waals surface area contributed by atoms with E-state index in [4.69, 9.17) is 0 Å². The van der Waals surface area contributed by atoms with E-state index in [9.17, 15) is 9.59 Å². The molecule has 1 amide bonds. The minimum atomic E-state index is -0.204. The number of carbonyl (C=O) groups is 2. The van der Waals surface area contributed by atoms with Gasteiger partial charge in [-0.15, -0.1) is 0 Å². The van der Waals surface area contributed by atoms with Crippen LogP contribution in [-0.4, -0.2) is 42.8 Å². The summed E-state index contributed by atoms with van der Waals surface area (Å²) in [6.45, 7) is 7.27. The number of hydrogen-bond acceptors (Lipinski definition) is 3. The van der Waals surface area contributed by atoms with Crippen molar-refractivity contribution in [1.82, 2.24) is 10.2 Å². The van der Waals surface area contributed by atoms with Gasteiger partial charge in [-0.05, 0) is 57.5 Å². The smallest absolute Gasteiger partial charge is 0.226 e. The van der Waals surface area contributed by atoms with Crippen LogP contribution in [-0.2, 0) is 9.59 Å². The molecule has 20 heavy (non-hydrogen) atoms. The summed E-state index contributed by atoms with van der Waals surface area (Å²) in [7, 11) is 0. The third-order valence-corrected chi connectivity index (χ3v) is 6.05. The van der Waals surface area contributed by atoms with Gasteiger partial charge in [-0.1, -0.05) is 6.92 Å². The Labute approximate surface area is 121 Å². The van der Waals surface area contributed by atoms with E-state index in [2.05, 4.69) is 5.32 Å². The van der Waals surface area contributed by atoms with Crippen molar-refractivity contribution < 1.29 is 9.59 Å². The van der Waals surface area contributed by atoms with Crippen LogP contribution < -0.4 is 5.32 Å². The molecule has 4 heteroatoms. The zero-order chi connectivity index (χ0) is 14.3. The summed E-state index contributed by atoms with van der Waals surface area (Å²) in [5, 5.41) is 3.45. The maximum absolute atomic E-state index is 12.8. The van der Waals surface area contributed by atoms with Crippen LogP contribution in [0, 0.1) is 23.2 Å². The summed E-state index contributed by atoms with van der Waals surface area (Å²) in [5.74, 6) is 1.97. The van der Waals surface area contributed by atoms with Gasteiger partial charge in [0.25, 0.3) is 0 Å². The van der Waals surface area contributed by atoms with Crippen LogP contribution >= 0.6 is 0 Å². The zero-order valence-corrected chi connectivity index (χ0v) is 12.7. The lowest BCUT2D eigenvalue weighted by Gasteiger charge is -2.41. The molecule has 2 atom stereocenters. The Morgan fingerprint density at radius 3 is 2.15 bits per heavy atom. The van der Waals surface area contributed by atoms with Crippen LogP contribution in [0.3, 0.4) is 0 Å². The van der Waals surface area contributed by atoms with E-state index in [1.54, 1.807) is 6.92 Å². The second-order valence-electron chi connectivity index (χ2n) is 7.22. The van der Waals surface area contributed by atoms with Crippen molar-refractivity contribution >= 4 is 11.7 Å². The lowest BCUT2D eigenvalue weighted by molar-refractivity contribution is -0.143. The molecule has 3 fully saturated rings. The molecule has 0 aromatic carbocycles. The fraction of sp³-hybridized carbons (Fsp3) is 0.875. The van der Waals surface area contributed by atoms with Crippen LogP contribution in [0.25, 0.3) is 0 Å². The largest absolute Gasteiger partial charge is 0.342 e. The second-order valence-corrected chi connectivity index (χ2v) is 7.22. The van der Waals surface area contributed by atoms with Gasteiger partial charge in [-0.25, -0.2) is 0 Å². The van der Waals surface area contributed by atoms with Gasteiger partial charge in [0.15, 0.2) is 0 Å². The average molecular weight is 278 g/mol. The van der Waals surface area contributed by atoms with Crippen molar-refractivity contribution in [2.24, 2.45) is 23.2 Å². The Bertz CT molecular complexity index is 397. The number of hydrogen-bond donors (Lipinski definition) is 1. The molecule has 2 heterocycles. The molecule has 0 aromatic heterocycles. The average Bonchev–Trinajstić information content (AvgIpc) is 2.68. The van der Waals surface area contributed by atoms with Crippen molar-refractivity contribution in [1.29, 1.82) is 0 Å². The van der Waals surface area contributed by atoms with Crippen molar-refractivity contribution in [2.45, 2.75) is 39.5 Å². The molecule has 0 spiro atoms. The predicted octanol–water partition coefficient (Wildman–Crippen LogP) is 1.45. The molecular formula is C16H26N2O2.